The first-order valence-electron chi connectivity index (χ1n) is 6.35. The number of aliphatic hydroxyl groups excluding tert-OH is 1. The molecule has 3 nitrogen and oxygen atoms in total. The van der Waals surface area contributed by atoms with Crippen molar-refractivity contribution in [3.05, 3.63) is 48.3 Å². The van der Waals surface area contributed by atoms with E-state index >= 15 is 0 Å². The maximum absolute atomic E-state index is 9.56. The van der Waals surface area contributed by atoms with Gasteiger partial charge in [-0.2, -0.15) is 0 Å². The third-order valence-corrected chi connectivity index (χ3v) is 2.95. The highest BCUT2D eigenvalue weighted by atomic mass is 16.3. The fraction of sp³-hybridized carbons (Fsp3) is 0.333. The highest BCUT2D eigenvalue weighted by Gasteiger charge is 2.05. The first kappa shape index (κ1) is 12.7. The van der Waals surface area contributed by atoms with Gasteiger partial charge in [-0.3, -0.25) is 0 Å². The molecule has 18 heavy (non-hydrogen) atoms. The second-order valence-electron chi connectivity index (χ2n) is 4.34. The van der Waals surface area contributed by atoms with Crippen LogP contribution >= 0.6 is 0 Å². The molecule has 0 amide bonds. The van der Waals surface area contributed by atoms with E-state index in [2.05, 4.69) is 9.97 Å². The topological polar surface area (TPSA) is 46.0 Å². The van der Waals surface area contributed by atoms with Crippen molar-refractivity contribution < 1.29 is 5.11 Å². The first-order valence-corrected chi connectivity index (χ1v) is 6.35. The number of rotatable bonds is 5. The van der Waals surface area contributed by atoms with Crippen molar-refractivity contribution in [2.75, 3.05) is 0 Å². The summed E-state index contributed by atoms with van der Waals surface area (Å²) in [6.07, 6.45) is 3.87. The molecule has 0 aliphatic rings. The van der Waals surface area contributed by atoms with E-state index in [1.54, 1.807) is 6.20 Å². The van der Waals surface area contributed by atoms with Crippen LogP contribution in [0.15, 0.2) is 42.6 Å². The second kappa shape index (κ2) is 6.26. The fourth-order valence-electron chi connectivity index (χ4n) is 1.78. The number of hydrogen-bond donors (Lipinski definition) is 1. The van der Waals surface area contributed by atoms with Gasteiger partial charge in [-0.25, -0.2) is 9.97 Å². The molecule has 1 aromatic heterocycles. The Kier molecular flexibility index (Phi) is 4.42. The molecule has 0 aliphatic carbocycles. The van der Waals surface area contributed by atoms with E-state index in [9.17, 15) is 5.11 Å². The summed E-state index contributed by atoms with van der Waals surface area (Å²) in [6.45, 7) is 1.99. The molecule has 1 heterocycles. The van der Waals surface area contributed by atoms with Crippen LogP contribution in [0, 0.1) is 0 Å². The molecule has 0 saturated heterocycles. The average molecular weight is 242 g/mol. The molecular weight excluding hydrogens is 224 g/mol. The Morgan fingerprint density at radius 3 is 2.67 bits per heavy atom. The quantitative estimate of drug-likeness (QED) is 0.877. The Labute approximate surface area is 108 Å². The van der Waals surface area contributed by atoms with E-state index in [0.29, 0.717) is 0 Å². The zero-order valence-corrected chi connectivity index (χ0v) is 10.6. The predicted molar refractivity (Wildman–Crippen MR) is 72.1 cm³/mol. The first-order chi connectivity index (χ1) is 8.79. The molecule has 0 aliphatic heterocycles. The summed E-state index contributed by atoms with van der Waals surface area (Å²) in [5.41, 5.74) is 2.01. The van der Waals surface area contributed by atoms with Gasteiger partial charge >= 0.3 is 0 Å². The van der Waals surface area contributed by atoms with Gasteiger partial charge in [-0.1, -0.05) is 37.3 Å². The van der Waals surface area contributed by atoms with Crippen molar-refractivity contribution >= 4 is 0 Å². The Hall–Kier alpha value is -1.74. The normalized spacial score (nSPS) is 12.3. The minimum atomic E-state index is -0.236. The van der Waals surface area contributed by atoms with Crippen LogP contribution in [-0.4, -0.2) is 21.2 Å². The molecule has 1 atom stereocenters. The monoisotopic (exact) mass is 242 g/mol. The van der Waals surface area contributed by atoms with Gasteiger partial charge in [-0.05, 0) is 25.3 Å². The van der Waals surface area contributed by atoms with Crippen molar-refractivity contribution in [1.29, 1.82) is 0 Å². The highest BCUT2D eigenvalue weighted by Crippen LogP contribution is 2.14. The minimum Gasteiger partial charge on any atom is -0.393 e. The molecule has 3 heteroatoms. The van der Waals surface area contributed by atoms with E-state index in [-0.39, 0.29) is 6.10 Å². The van der Waals surface area contributed by atoms with E-state index in [1.165, 1.54) is 0 Å². The summed E-state index contributed by atoms with van der Waals surface area (Å²) in [6, 6.07) is 11.8. The molecule has 2 aromatic rings. The minimum absolute atomic E-state index is 0.236. The van der Waals surface area contributed by atoms with Crippen LogP contribution in [0.25, 0.3) is 11.4 Å². The number of aromatic nitrogens is 2. The van der Waals surface area contributed by atoms with Crippen molar-refractivity contribution in [3.63, 3.8) is 0 Å². The molecular formula is C15H18N2O. The van der Waals surface area contributed by atoms with Gasteiger partial charge in [0, 0.05) is 17.5 Å². The SMILES string of the molecule is CCC(O)CCc1ccnc(-c2ccccc2)n1. The summed E-state index contributed by atoms with van der Waals surface area (Å²) in [5.74, 6) is 0.749. The van der Waals surface area contributed by atoms with Crippen LogP contribution < -0.4 is 0 Å². The Morgan fingerprint density at radius 1 is 1.17 bits per heavy atom. The third-order valence-electron chi connectivity index (χ3n) is 2.95. The van der Waals surface area contributed by atoms with Gasteiger partial charge < -0.3 is 5.11 Å². The zero-order chi connectivity index (χ0) is 12.8. The van der Waals surface area contributed by atoms with Gasteiger partial charge in [-0.15, -0.1) is 0 Å². The lowest BCUT2D eigenvalue weighted by atomic mass is 10.1. The van der Waals surface area contributed by atoms with Crippen LogP contribution in [-0.2, 0) is 6.42 Å². The predicted octanol–water partition coefficient (Wildman–Crippen LogP) is 2.85. The van der Waals surface area contributed by atoms with Crippen LogP contribution in [0.2, 0.25) is 0 Å². The number of aryl methyl sites for hydroxylation is 1. The van der Waals surface area contributed by atoms with E-state index < -0.39 is 0 Å². The van der Waals surface area contributed by atoms with Crippen LogP contribution in [0.3, 0.4) is 0 Å². The van der Waals surface area contributed by atoms with Gasteiger partial charge in [0.2, 0.25) is 0 Å². The third kappa shape index (κ3) is 3.37. The van der Waals surface area contributed by atoms with Gasteiger partial charge in [0.1, 0.15) is 0 Å². The maximum Gasteiger partial charge on any atom is 0.159 e. The molecule has 2 rings (SSSR count). The molecule has 1 N–H and O–H groups in total. The van der Waals surface area contributed by atoms with Gasteiger partial charge in [0.15, 0.2) is 5.82 Å². The van der Waals surface area contributed by atoms with E-state index in [1.807, 2.05) is 43.3 Å². The lowest BCUT2D eigenvalue weighted by Gasteiger charge is -2.07. The van der Waals surface area contributed by atoms with Crippen LogP contribution in [0.4, 0.5) is 0 Å². The molecule has 0 spiro atoms. The summed E-state index contributed by atoms with van der Waals surface area (Å²) in [5, 5.41) is 9.56. The second-order valence-corrected chi connectivity index (χ2v) is 4.34. The lowest BCUT2D eigenvalue weighted by Crippen LogP contribution is -2.06. The Balaban J connectivity index is 2.11. The largest absolute Gasteiger partial charge is 0.393 e. The fourth-order valence-corrected chi connectivity index (χ4v) is 1.78. The van der Waals surface area contributed by atoms with Gasteiger partial charge in [0.25, 0.3) is 0 Å². The van der Waals surface area contributed by atoms with Crippen LogP contribution in [0.5, 0.6) is 0 Å². The van der Waals surface area contributed by atoms with Gasteiger partial charge in [0.05, 0.1) is 6.10 Å². The molecule has 0 radical (unpaired) electrons. The van der Waals surface area contributed by atoms with Crippen molar-refractivity contribution in [1.82, 2.24) is 9.97 Å². The zero-order valence-electron chi connectivity index (χ0n) is 10.6. The van der Waals surface area contributed by atoms with Crippen molar-refractivity contribution in [3.8, 4) is 11.4 Å². The summed E-state index contributed by atoms with van der Waals surface area (Å²) in [7, 11) is 0. The lowest BCUT2D eigenvalue weighted by molar-refractivity contribution is 0.160. The summed E-state index contributed by atoms with van der Waals surface area (Å²) < 4.78 is 0. The van der Waals surface area contributed by atoms with Crippen LogP contribution in [0.1, 0.15) is 25.5 Å². The Morgan fingerprint density at radius 2 is 1.94 bits per heavy atom. The molecule has 0 bridgehead atoms. The smallest absolute Gasteiger partial charge is 0.159 e. The van der Waals surface area contributed by atoms with E-state index in [4.69, 9.17) is 0 Å². The Bertz CT molecular complexity index is 485. The average Bonchev–Trinajstić information content (AvgIpc) is 2.46. The molecule has 0 fully saturated rings. The van der Waals surface area contributed by atoms with E-state index in [0.717, 1.165) is 36.3 Å². The number of aliphatic hydroxyl groups is 1. The molecule has 1 unspecified atom stereocenters. The number of hydrogen-bond acceptors (Lipinski definition) is 3. The standard InChI is InChI=1S/C15H18N2O/c1-2-14(18)9-8-13-10-11-16-15(17-13)12-6-4-3-5-7-12/h3-7,10-11,14,18H,2,8-9H2,1H3. The molecule has 94 valence electrons. The summed E-state index contributed by atoms with van der Waals surface area (Å²) in [4.78, 5) is 8.81. The number of nitrogens with zero attached hydrogens (tertiary/aromatic N) is 2. The molecule has 1 aromatic carbocycles. The highest BCUT2D eigenvalue weighted by molar-refractivity contribution is 5.54. The van der Waals surface area contributed by atoms with Crippen molar-refractivity contribution in [2.45, 2.75) is 32.3 Å². The number of benzene rings is 1. The van der Waals surface area contributed by atoms with Crippen molar-refractivity contribution in [2.24, 2.45) is 0 Å². The summed E-state index contributed by atoms with van der Waals surface area (Å²) >= 11 is 0. The maximum atomic E-state index is 9.56. The molecule has 0 saturated carbocycles.